The second-order valence-electron chi connectivity index (χ2n) is 13.8. The molecular weight excluding hydrogens is 701 g/mol. The van der Waals surface area contributed by atoms with Crippen LogP contribution in [0.25, 0.3) is 0 Å². The highest BCUT2D eigenvalue weighted by Crippen LogP contribution is 2.43. The standard InChI is InChI=1S/C44H78NO8P/c1-3-5-7-9-11-13-15-17-19-20-21-22-23-25-26-28-30-32-34-36-43(46)50-40-42(41-52-54(48,49)51-39-38-45)53-44(47)37-35-33-31-29-27-24-18-16-14-12-10-8-6-4-2/h11,13,16-19,21-22,25-26,42H,3-10,12,14-15,20,23-24,27-41,45H2,1-2H3,(H,48,49)/b13-11+,18-16+,19-17+,22-21+,26-25+/t42-/m0/s1. The molecule has 0 aromatic carbocycles. The summed E-state index contributed by atoms with van der Waals surface area (Å²) in [5.74, 6) is -0.879. The molecule has 0 fully saturated rings. The molecule has 9 nitrogen and oxygen atoms in total. The molecule has 0 aliphatic carbocycles. The Morgan fingerprint density at radius 2 is 0.963 bits per heavy atom. The number of phosphoric ester groups is 1. The van der Waals surface area contributed by atoms with E-state index in [0.717, 1.165) is 70.6 Å². The number of allylic oxidation sites excluding steroid dienone is 10. The highest BCUT2D eigenvalue weighted by atomic mass is 31.2. The zero-order valence-corrected chi connectivity index (χ0v) is 35.1. The van der Waals surface area contributed by atoms with E-state index in [9.17, 15) is 19.0 Å². The first-order valence-corrected chi connectivity index (χ1v) is 22.8. The molecule has 0 bridgehead atoms. The van der Waals surface area contributed by atoms with Gasteiger partial charge in [-0.2, -0.15) is 0 Å². The topological polar surface area (TPSA) is 134 Å². The van der Waals surface area contributed by atoms with Gasteiger partial charge in [-0.15, -0.1) is 0 Å². The van der Waals surface area contributed by atoms with E-state index < -0.39 is 32.5 Å². The number of unbranched alkanes of at least 4 members (excludes halogenated alkanes) is 16. The average molecular weight is 780 g/mol. The summed E-state index contributed by atoms with van der Waals surface area (Å²) in [6.45, 7) is 3.63. The highest BCUT2D eigenvalue weighted by Gasteiger charge is 2.25. The highest BCUT2D eigenvalue weighted by molar-refractivity contribution is 7.47. The van der Waals surface area contributed by atoms with Crippen LogP contribution in [0.1, 0.15) is 174 Å². The summed E-state index contributed by atoms with van der Waals surface area (Å²) in [6.07, 6.45) is 46.7. The van der Waals surface area contributed by atoms with Gasteiger partial charge in [0, 0.05) is 19.4 Å². The monoisotopic (exact) mass is 780 g/mol. The number of esters is 2. The van der Waals surface area contributed by atoms with E-state index in [4.69, 9.17) is 24.3 Å². The van der Waals surface area contributed by atoms with Gasteiger partial charge in [0.1, 0.15) is 6.61 Å². The van der Waals surface area contributed by atoms with Crippen LogP contribution in [-0.4, -0.2) is 49.3 Å². The number of carbonyl (C=O) groups excluding carboxylic acids is 2. The summed E-state index contributed by atoms with van der Waals surface area (Å²) in [4.78, 5) is 34.8. The van der Waals surface area contributed by atoms with E-state index in [0.29, 0.717) is 12.8 Å². The zero-order valence-electron chi connectivity index (χ0n) is 34.2. The predicted octanol–water partition coefficient (Wildman–Crippen LogP) is 12.1. The molecule has 0 saturated carbocycles. The van der Waals surface area contributed by atoms with Gasteiger partial charge in [0.15, 0.2) is 6.10 Å². The summed E-state index contributed by atoms with van der Waals surface area (Å²) in [7, 11) is -4.39. The molecule has 0 saturated heterocycles. The maximum Gasteiger partial charge on any atom is 0.472 e. The lowest BCUT2D eigenvalue weighted by Gasteiger charge is -2.19. The quantitative estimate of drug-likeness (QED) is 0.0270. The van der Waals surface area contributed by atoms with E-state index >= 15 is 0 Å². The van der Waals surface area contributed by atoms with Crippen LogP contribution < -0.4 is 5.73 Å². The Labute approximate surface area is 329 Å². The molecule has 312 valence electrons. The zero-order chi connectivity index (χ0) is 39.6. The van der Waals surface area contributed by atoms with Crippen molar-refractivity contribution in [3.63, 3.8) is 0 Å². The summed E-state index contributed by atoms with van der Waals surface area (Å²) < 4.78 is 32.7. The molecule has 0 spiro atoms. The number of hydrogen-bond donors (Lipinski definition) is 2. The normalized spacial score (nSPS) is 13.9. The largest absolute Gasteiger partial charge is 0.472 e. The Morgan fingerprint density at radius 3 is 1.50 bits per heavy atom. The van der Waals surface area contributed by atoms with Crippen molar-refractivity contribution in [2.45, 2.75) is 180 Å². The van der Waals surface area contributed by atoms with E-state index in [1.54, 1.807) is 0 Å². The van der Waals surface area contributed by atoms with Crippen LogP contribution >= 0.6 is 7.82 Å². The van der Waals surface area contributed by atoms with Crippen molar-refractivity contribution in [1.29, 1.82) is 0 Å². The maximum atomic E-state index is 12.6. The van der Waals surface area contributed by atoms with Gasteiger partial charge < -0.3 is 20.1 Å². The van der Waals surface area contributed by atoms with Crippen molar-refractivity contribution in [2.75, 3.05) is 26.4 Å². The van der Waals surface area contributed by atoms with Crippen LogP contribution in [0.3, 0.4) is 0 Å². The second kappa shape index (κ2) is 40.4. The summed E-state index contributed by atoms with van der Waals surface area (Å²) >= 11 is 0. The lowest BCUT2D eigenvalue weighted by Crippen LogP contribution is -2.29. The second-order valence-corrected chi connectivity index (χ2v) is 15.3. The van der Waals surface area contributed by atoms with E-state index in [1.165, 1.54) is 64.2 Å². The Bertz CT molecular complexity index is 1070. The third-order valence-corrected chi connectivity index (χ3v) is 9.61. The van der Waals surface area contributed by atoms with Crippen LogP contribution in [-0.2, 0) is 32.7 Å². The predicted molar refractivity (Wildman–Crippen MR) is 224 cm³/mol. The van der Waals surface area contributed by atoms with E-state index in [-0.39, 0.29) is 32.6 Å². The van der Waals surface area contributed by atoms with Crippen LogP contribution in [0.5, 0.6) is 0 Å². The molecule has 2 atom stereocenters. The Hall–Kier alpha value is -2.29. The van der Waals surface area contributed by atoms with Gasteiger partial charge in [0.25, 0.3) is 0 Å². The molecule has 0 radical (unpaired) electrons. The summed E-state index contributed by atoms with van der Waals surface area (Å²) in [6, 6.07) is 0. The minimum absolute atomic E-state index is 0.0450. The van der Waals surface area contributed by atoms with E-state index in [1.807, 2.05) is 0 Å². The lowest BCUT2D eigenvalue weighted by molar-refractivity contribution is -0.161. The number of rotatable bonds is 39. The average Bonchev–Trinajstić information content (AvgIpc) is 3.16. The molecule has 0 aromatic heterocycles. The van der Waals surface area contributed by atoms with Crippen LogP contribution in [0.2, 0.25) is 0 Å². The summed E-state index contributed by atoms with van der Waals surface area (Å²) in [5.41, 5.74) is 5.34. The van der Waals surface area contributed by atoms with Crippen molar-refractivity contribution >= 4 is 19.8 Å². The molecule has 0 rings (SSSR count). The Balaban J connectivity index is 4.25. The first-order chi connectivity index (χ1) is 26.3. The molecule has 10 heteroatoms. The fourth-order valence-electron chi connectivity index (χ4n) is 5.43. The molecule has 0 heterocycles. The van der Waals surface area contributed by atoms with Crippen molar-refractivity contribution in [3.05, 3.63) is 60.8 Å². The fourth-order valence-corrected chi connectivity index (χ4v) is 6.20. The van der Waals surface area contributed by atoms with Gasteiger partial charge in [-0.3, -0.25) is 18.6 Å². The third-order valence-electron chi connectivity index (χ3n) is 8.63. The molecular formula is C44H78NO8P. The molecule has 0 aliphatic heterocycles. The van der Waals surface area contributed by atoms with Crippen LogP contribution in [0.4, 0.5) is 0 Å². The first-order valence-electron chi connectivity index (χ1n) is 21.3. The molecule has 1 unspecified atom stereocenters. The molecule has 0 aliphatic rings. The number of hydrogen-bond acceptors (Lipinski definition) is 8. The van der Waals surface area contributed by atoms with Gasteiger partial charge in [-0.05, 0) is 83.5 Å². The van der Waals surface area contributed by atoms with Gasteiger partial charge in [0.2, 0.25) is 0 Å². The number of phosphoric acid groups is 1. The molecule has 54 heavy (non-hydrogen) atoms. The SMILES string of the molecule is CCCCC/C=C/C/C=C/C/C=C/C/C=C/CCCCCC(=O)OC[C@@H](COP(=O)(O)OCCN)OC(=O)CCCCCCC/C=C/CCCCCCC. The van der Waals surface area contributed by atoms with Gasteiger partial charge in [-0.1, -0.05) is 139 Å². The minimum Gasteiger partial charge on any atom is -0.462 e. The number of nitrogens with two attached hydrogens (primary N) is 1. The fraction of sp³-hybridized carbons (Fsp3) is 0.727. The van der Waals surface area contributed by atoms with Crippen LogP contribution in [0.15, 0.2) is 60.8 Å². The van der Waals surface area contributed by atoms with Crippen molar-refractivity contribution in [1.82, 2.24) is 0 Å². The van der Waals surface area contributed by atoms with Gasteiger partial charge >= 0.3 is 19.8 Å². The number of ether oxygens (including phenoxy) is 2. The van der Waals surface area contributed by atoms with Gasteiger partial charge in [0.05, 0.1) is 13.2 Å². The number of carbonyl (C=O) groups is 2. The molecule has 3 N–H and O–H groups in total. The van der Waals surface area contributed by atoms with Crippen LogP contribution in [0, 0.1) is 0 Å². The smallest absolute Gasteiger partial charge is 0.462 e. The summed E-state index contributed by atoms with van der Waals surface area (Å²) in [5, 5.41) is 0. The first kappa shape index (κ1) is 51.7. The molecule has 0 amide bonds. The maximum absolute atomic E-state index is 12.6. The van der Waals surface area contributed by atoms with Crippen molar-refractivity contribution < 1.29 is 37.6 Å². The Morgan fingerprint density at radius 1 is 0.556 bits per heavy atom. The Kier molecular flexibility index (Phi) is 38.7. The van der Waals surface area contributed by atoms with E-state index in [2.05, 4.69) is 74.6 Å². The van der Waals surface area contributed by atoms with Crippen molar-refractivity contribution in [3.8, 4) is 0 Å². The van der Waals surface area contributed by atoms with Gasteiger partial charge in [-0.25, -0.2) is 4.57 Å². The lowest BCUT2D eigenvalue weighted by atomic mass is 10.1. The molecule has 0 aromatic rings. The third kappa shape index (κ3) is 39.4. The van der Waals surface area contributed by atoms with Crippen molar-refractivity contribution in [2.24, 2.45) is 5.73 Å². The minimum atomic E-state index is -4.39.